The zero-order valence-corrected chi connectivity index (χ0v) is 51.4. The van der Waals surface area contributed by atoms with E-state index in [1.165, 1.54) is 240 Å². The lowest BCUT2D eigenvalue weighted by Crippen LogP contribution is -2.11. The molecule has 0 saturated carbocycles. The molecule has 6 aromatic rings. The van der Waals surface area contributed by atoms with Gasteiger partial charge in [-0.25, -0.2) is 28.0 Å². The summed E-state index contributed by atoms with van der Waals surface area (Å²) in [5, 5.41) is 1.42. The van der Waals surface area contributed by atoms with Gasteiger partial charge >= 0.3 is 23.9 Å². The van der Waals surface area contributed by atoms with Crippen molar-refractivity contribution in [1.29, 1.82) is 0 Å². The lowest BCUT2D eigenvalue weighted by Gasteiger charge is -2.10. The second-order valence-electron chi connectivity index (χ2n) is 22.9. The standard InChI is InChI=1S/C74H94F2O10/c1-3-5-7-9-11-13-15-17-19-21-23-25-27-29-31-33-51-81-69-49-41-60(55-67(69)75)73(79)83-63-43-37-58(38-44-63)71(77)85-65-47-35-57-36-48-66(54-62(57)53-65)86-72(78)59-39-45-64(46-40-59)84-74(80)61-42-50-70(68(76)56-61)82-52-34-32-30-28-26-24-22-20-18-16-14-12-10-8-6-4-2/h35-50,53-56H,3-34,51-52H2,1-2H3. The van der Waals surface area contributed by atoms with Crippen molar-refractivity contribution in [1.82, 2.24) is 0 Å². The molecule has 0 aliphatic carbocycles. The number of ether oxygens (including phenoxy) is 6. The van der Waals surface area contributed by atoms with Crippen molar-refractivity contribution in [3.8, 4) is 34.5 Å². The first-order chi connectivity index (χ1) is 42.1. The smallest absolute Gasteiger partial charge is 0.343 e. The Kier molecular flexibility index (Phi) is 31.9. The van der Waals surface area contributed by atoms with Gasteiger partial charge in [-0.2, -0.15) is 0 Å². The fourth-order valence-corrected chi connectivity index (χ4v) is 10.5. The summed E-state index contributed by atoms with van der Waals surface area (Å²) < 4.78 is 63.5. The van der Waals surface area contributed by atoms with Crippen LogP contribution in [0.5, 0.6) is 34.5 Å². The van der Waals surface area contributed by atoms with E-state index in [9.17, 15) is 28.0 Å². The monoisotopic (exact) mass is 1180 g/mol. The van der Waals surface area contributed by atoms with E-state index in [2.05, 4.69) is 13.8 Å². The van der Waals surface area contributed by atoms with E-state index >= 15 is 0 Å². The molecule has 0 N–H and O–H groups in total. The van der Waals surface area contributed by atoms with Crippen LogP contribution in [0.1, 0.15) is 261 Å². The maximum Gasteiger partial charge on any atom is 0.343 e. The minimum absolute atomic E-state index is 0.0169. The van der Waals surface area contributed by atoms with Gasteiger partial charge in [0.1, 0.15) is 23.0 Å². The minimum Gasteiger partial charge on any atom is -0.491 e. The molecule has 0 heterocycles. The van der Waals surface area contributed by atoms with Gasteiger partial charge in [0.25, 0.3) is 0 Å². The van der Waals surface area contributed by atoms with Crippen LogP contribution in [0.2, 0.25) is 0 Å². The zero-order valence-electron chi connectivity index (χ0n) is 51.4. The maximum absolute atomic E-state index is 14.9. The van der Waals surface area contributed by atoms with E-state index in [4.69, 9.17) is 28.4 Å². The van der Waals surface area contributed by atoms with Crippen molar-refractivity contribution in [2.24, 2.45) is 0 Å². The lowest BCUT2D eigenvalue weighted by molar-refractivity contribution is 0.0720. The molecular formula is C74H94F2O10. The molecule has 464 valence electrons. The number of benzene rings is 6. The van der Waals surface area contributed by atoms with Gasteiger partial charge in [-0.15, -0.1) is 0 Å². The Morgan fingerprint density at radius 1 is 0.279 bits per heavy atom. The molecule has 0 radical (unpaired) electrons. The predicted molar refractivity (Wildman–Crippen MR) is 340 cm³/mol. The van der Waals surface area contributed by atoms with Crippen LogP contribution in [0.4, 0.5) is 8.78 Å². The fraction of sp³-hybridized carbons (Fsp3) is 0.486. The third-order valence-electron chi connectivity index (χ3n) is 15.7. The minimum atomic E-state index is -0.765. The Balaban J connectivity index is 0.839. The quantitative estimate of drug-likeness (QED) is 0.0207. The average Bonchev–Trinajstić information content (AvgIpc) is 3.72. The van der Waals surface area contributed by atoms with Gasteiger partial charge < -0.3 is 28.4 Å². The van der Waals surface area contributed by atoms with Crippen LogP contribution in [0, 0.1) is 11.6 Å². The fourth-order valence-electron chi connectivity index (χ4n) is 10.5. The molecule has 0 atom stereocenters. The van der Waals surface area contributed by atoms with Crippen LogP contribution in [0.3, 0.4) is 0 Å². The number of carbonyl (C=O) groups is 4. The molecule has 0 saturated heterocycles. The second kappa shape index (κ2) is 40.3. The van der Waals surface area contributed by atoms with E-state index in [1.54, 1.807) is 36.4 Å². The van der Waals surface area contributed by atoms with E-state index in [0.29, 0.717) is 18.6 Å². The Hall–Kier alpha value is -7.08. The lowest BCUT2D eigenvalue weighted by atomic mass is 10.0. The summed E-state index contributed by atoms with van der Waals surface area (Å²) in [5.74, 6) is -3.21. The summed E-state index contributed by atoms with van der Waals surface area (Å²) in [6.07, 6.45) is 40.7. The highest BCUT2D eigenvalue weighted by atomic mass is 19.1. The average molecular weight is 1180 g/mol. The third kappa shape index (κ3) is 25.9. The first-order valence-electron chi connectivity index (χ1n) is 32.6. The molecule has 0 aliphatic rings. The van der Waals surface area contributed by atoms with E-state index in [0.717, 1.165) is 56.0 Å². The largest absolute Gasteiger partial charge is 0.491 e. The van der Waals surface area contributed by atoms with Crippen molar-refractivity contribution in [2.75, 3.05) is 13.2 Å². The maximum atomic E-state index is 14.9. The van der Waals surface area contributed by atoms with E-state index in [1.807, 2.05) is 0 Å². The number of fused-ring (bicyclic) bond motifs is 1. The first kappa shape index (κ1) is 68.0. The molecule has 6 rings (SSSR count). The molecule has 0 bridgehead atoms. The van der Waals surface area contributed by atoms with Crippen molar-refractivity contribution < 1.29 is 56.4 Å². The Morgan fingerprint density at radius 2 is 0.535 bits per heavy atom. The Bertz CT molecular complexity index is 2740. The predicted octanol–water partition coefficient (Wildman–Crippen LogP) is 21.3. The number of carbonyl (C=O) groups excluding carboxylic acids is 4. The molecule has 12 heteroatoms. The van der Waals surface area contributed by atoms with Gasteiger partial charge in [0.15, 0.2) is 23.1 Å². The van der Waals surface area contributed by atoms with Crippen LogP contribution < -0.4 is 28.4 Å². The van der Waals surface area contributed by atoms with Crippen LogP contribution >= 0.6 is 0 Å². The first-order valence-corrected chi connectivity index (χ1v) is 32.6. The summed E-state index contributed by atoms with van der Waals surface area (Å²) in [7, 11) is 0. The molecular weight excluding hydrogens is 1090 g/mol. The number of hydrogen-bond acceptors (Lipinski definition) is 10. The highest BCUT2D eigenvalue weighted by Crippen LogP contribution is 2.29. The van der Waals surface area contributed by atoms with E-state index in [-0.39, 0.29) is 56.8 Å². The van der Waals surface area contributed by atoms with Gasteiger partial charge in [0, 0.05) is 0 Å². The Labute approximate surface area is 511 Å². The number of unbranched alkanes of at least 4 members (excludes halogenated alkanes) is 30. The number of hydrogen-bond donors (Lipinski definition) is 0. The molecule has 0 spiro atoms. The summed E-state index contributed by atoms with van der Waals surface area (Å²) in [6.45, 7) is 5.32. The normalized spacial score (nSPS) is 11.2. The second-order valence-corrected chi connectivity index (χ2v) is 22.9. The van der Waals surface area contributed by atoms with Crippen molar-refractivity contribution in [2.45, 2.75) is 219 Å². The summed E-state index contributed by atoms with van der Waals surface area (Å²) >= 11 is 0. The van der Waals surface area contributed by atoms with Crippen LogP contribution in [-0.4, -0.2) is 37.1 Å². The van der Waals surface area contributed by atoms with Gasteiger partial charge in [-0.1, -0.05) is 219 Å². The van der Waals surface area contributed by atoms with Crippen LogP contribution in [-0.2, 0) is 0 Å². The van der Waals surface area contributed by atoms with Gasteiger partial charge in [0.2, 0.25) is 0 Å². The van der Waals surface area contributed by atoms with Crippen LogP contribution in [0.15, 0.2) is 121 Å². The number of rotatable bonds is 44. The number of esters is 4. The summed E-state index contributed by atoms with van der Waals surface area (Å²) in [5.41, 5.74) is 0.412. The van der Waals surface area contributed by atoms with Gasteiger partial charge in [-0.3, -0.25) is 0 Å². The third-order valence-corrected chi connectivity index (χ3v) is 15.7. The summed E-state index contributed by atoms with van der Waals surface area (Å²) in [6, 6.07) is 29.6. The molecule has 0 fully saturated rings. The molecule has 86 heavy (non-hydrogen) atoms. The zero-order chi connectivity index (χ0) is 60.8. The molecule has 10 nitrogen and oxygen atoms in total. The van der Waals surface area contributed by atoms with Gasteiger partial charge in [-0.05, 0) is 133 Å². The van der Waals surface area contributed by atoms with Crippen molar-refractivity contribution >= 4 is 34.6 Å². The van der Waals surface area contributed by atoms with Crippen molar-refractivity contribution in [3.05, 3.63) is 155 Å². The molecule has 6 aromatic carbocycles. The highest BCUT2D eigenvalue weighted by Gasteiger charge is 2.18. The molecule has 0 aliphatic heterocycles. The SMILES string of the molecule is CCCCCCCCCCCCCCCCCCOc1ccc(C(=O)Oc2ccc(C(=O)Oc3ccc4ccc(OC(=O)c5ccc(OC(=O)c6ccc(OCCCCCCCCCCCCCCCCCC)c(F)c6)cc5)cc4c3)cc2)cc1F. The molecule has 0 unspecified atom stereocenters. The van der Waals surface area contributed by atoms with Crippen LogP contribution in [0.25, 0.3) is 10.8 Å². The molecule has 0 amide bonds. The number of halogens is 2. The van der Waals surface area contributed by atoms with Crippen molar-refractivity contribution in [3.63, 3.8) is 0 Å². The Morgan fingerprint density at radius 3 is 0.837 bits per heavy atom. The van der Waals surface area contributed by atoms with E-state index < -0.39 is 35.5 Å². The molecule has 0 aromatic heterocycles. The highest BCUT2D eigenvalue weighted by molar-refractivity contribution is 5.95. The van der Waals surface area contributed by atoms with Gasteiger partial charge in [0.05, 0.1) is 35.5 Å². The topological polar surface area (TPSA) is 124 Å². The summed E-state index contributed by atoms with van der Waals surface area (Å²) in [4.78, 5) is 52.2.